The summed E-state index contributed by atoms with van der Waals surface area (Å²) in [7, 11) is 0. The zero-order chi connectivity index (χ0) is 18.0. The molecule has 1 heterocycles. The molecule has 2 aromatic carbocycles. The van der Waals surface area contributed by atoms with E-state index >= 15 is 0 Å². The summed E-state index contributed by atoms with van der Waals surface area (Å²) in [4.78, 5) is 0. The summed E-state index contributed by atoms with van der Waals surface area (Å²) >= 11 is 0. The summed E-state index contributed by atoms with van der Waals surface area (Å²) in [5.74, 6) is 0.189. The highest BCUT2D eigenvalue weighted by Crippen LogP contribution is 2.34. The van der Waals surface area contributed by atoms with Crippen molar-refractivity contribution < 1.29 is 24.8 Å². The number of para-hydroxylation sites is 1. The number of ether oxygens (including phenoxy) is 2. The van der Waals surface area contributed by atoms with Crippen molar-refractivity contribution in [1.29, 1.82) is 0 Å². The van der Waals surface area contributed by atoms with Gasteiger partial charge in [0.25, 0.3) is 0 Å². The van der Waals surface area contributed by atoms with E-state index < -0.39 is 30.5 Å². The molecule has 1 fully saturated rings. The van der Waals surface area contributed by atoms with Crippen LogP contribution in [0.2, 0.25) is 0 Å². The predicted octanol–water partition coefficient (Wildman–Crippen LogP) is 2.12. The zero-order valence-electron chi connectivity index (χ0n) is 14.4. The Bertz CT molecular complexity index is 715. The Hall–Kier alpha value is -1.92. The van der Waals surface area contributed by atoms with Gasteiger partial charge in [-0.05, 0) is 18.6 Å². The topological polar surface area (TPSA) is 79.2 Å². The standard InChI is InChI=1S/C20H24O5/c1-12-6-5-7-14(10-12)15-8-3-4-9-16(15)24-20-13(2)18(22)19(23)17(11-21)25-20/h3-10,13,17-23H,11H2,1-2H3/t13-,17-,18-,19+,20-/m1/s1. The number of aryl methyl sites for hydroxylation is 1. The molecule has 1 aliphatic rings. The molecule has 1 aliphatic heterocycles. The summed E-state index contributed by atoms with van der Waals surface area (Å²) in [6.07, 6.45) is -3.79. The number of aliphatic hydroxyl groups is 3. The molecule has 1 saturated heterocycles. The lowest BCUT2D eigenvalue weighted by Gasteiger charge is -2.40. The van der Waals surface area contributed by atoms with E-state index in [1.807, 2.05) is 49.4 Å². The third-order valence-electron chi connectivity index (χ3n) is 4.65. The third-order valence-corrected chi connectivity index (χ3v) is 4.65. The molecule has 3 rings (SSSR count). The van der Waals surface area contributed by atoms with Gasteiger partial charge in [0.1, 0.15) is 18.0 Å². The number of benzene rings is 2. The molecule has 0 amide bonds. The second-order valence-corrected chi connectivity index (χ2v) is 6.55. The molecule has 2 aromatic rings. The lowest BCUT2D eigenvalue weighted by Crippen LogP contribution is -2.56. The maximum Gasteiger partial charge on any atom is 0.205 e. The van der Waals surface area contributed by atoms with Crippen LogP contribution in [-0.2, 0) is 4.74 Å². The largest absolute Gasteiger partial charge is 0.464 e. The van der Waals surface area contributed by atoms with Gasteiger partial charge in [0, 0.05) is 11.5 Å². The van der Waals surface area contributed by atoms with Crippen LogP contribution in [0.5, 0.6) is 5.75 Å². The van der Waals surface area contributed by atoms with Crippen molar-refractivity contribution in [3.8, 4) is 16.9 Å². The number of aliphatic hydroxyl groups excluding tert-OH is 3. The van der Waals surface area contributed by atoms with Crippen LogP contribution in [0, 0.1) is 12.8 Å². The van der Waals surface area contributed by atoms with Crippen LogP contribution in [0.15, 0.2) is 48.5 Å². The molecule has 5 heteroatoms. The minimum Gasteiger partial charge on any atom is -0.464 e. The van der Waals surface area contributed by atoms with E-state index in [9.17, 15) is 15.3 Å². The van der Waals surface area contributed by atoms with Gasteiger partial charge in [0.15, 0.2) is 0 Å². The molecule has 0 unspecified atom stereocenters. The van der Waals surface area contributed by atoms with Crippen LogP contribution >= 0.6 is 0 Å². The van der Waals surface area contributed by atoms with Crippen molar-refractivity contribution >= 4 is 0 Å². The fraction of sp³-hybridized carbons (Fsp3) is 0.400. The predicted molar refractivity (Wildman–Crippen MR) is 94.2 cm³/mol. The molecule has 0 bridgehead atoms. The maximum atomic E-state index is 10.2. The molecule has 0 aromatic heterocycles. The van der Waals surface area contributed by atoms with E-state index in [1.165, 1.54) is 0 Å². The van der Waals surface area contributed by atoms with Gasteiger partial charge in [-0.25, -0.2) is 0 Å². The Labute approximate surface area is 147 Å². The van der Waals surface area contributed by atoms with E-state index in [2.05, 4.69) is 6.07 Å². The van der Waals surface area contributed by atoms with Crippen molar-refractivity contribution in [3.05, 3.63) is 54.1 Å². The minimum atomic E-state index is -1.13. The first-order valence-corrected chi connectivity index (χ1v) is 8.46. The first-order chi connectivity index (χ1) is 12.0. The minimum absolute atomic E-state index is 0.385. The smallest absolute Gasteiger partial charge is 0.205 e. The summed E-state index contributed by atoms with van der Waals surface area (Å²) < 4.78 is 11.7. The van der Waals surface area contributed by atoms with Gasteiger partial charge in [0.05, 0.1) is 12.7 Å². The Balaban J connectivity index is 1.88. The van der Waals surface area contributed by atoms with E-state index in [4.69, 9.17) is 9.47 Å². The van der Waals surface area contributed by atoms with Crippen molar-refractivity contribution in [1.82, 2.24) is 0 Å². The summed E-state index contributed by atoms with van der Waals surface area (Å²) in [6.45, 7) is 3.40. The molecule has 3 N–H and O–H groups in total. The fourth-order valence-corrected chi connectivity index (χ4v) is 3.10. The van der Waals surface area contributed by atoms with E-state index in [0.29, 0.717) is 5.75 Å². The average Bonchev–Trinajstić information content (AvgIpc) is 2.62. The Morgan fingerprint density at radius 1 is 1.04 bits per heavy atom. The van der Waals surface area contributed by atoms with Gasteiger partial charge < -0.3 is 24.8 Å². The Kier molecular flexibility index (Phi) is 5.39. The van der Waals surface area contributed by atoms with Gasteiger partial charge in [-0.3, -0.25) is 0 Å². The number of hydrogen-bond donors (Lipinski definition) is 3. The van der Waals surface area contributed by atoms with Crippen LogP contribution < -0.4 is 4.74 Å². The lowest BCUT2D eigenvalue weighted by molar-refractivity contribution is -0.256. The van der Waals surface area contributed by atoms with Crippen molar-refractivity contribution in [2.75, 3.05) is 6.61 Å². The fourth-order valence-electron chi connectivity index (χ4n) is 3.10. The summed E-state index contributed by atoms with van der Waals surface area (Å²) in [6, 6.07) is 15.7. The van der Waals surface area contributed by atoms with Crippen molar-refractivity contribution in [3.63, 3.8) is 0 Å². The molecular formula is C20H24O5. The van der Waals surface area contributed by atoms with Gasteiger partial charge >= 0.3 is 0 Å². The zero-order valence-corrected chi connectivity index (χ0v) is 14.4. The van der Waals surface area contributed by atoms with E-state index in [1.54, 1.807) is 6.92 Å². The monoisotopic (exact) mass is 344 g/mol. The van der Waals surface area contributed by atoms with Crippen LogP contribution in [-0.4, -0.2) is 46.5 Å². The molecule has 0 spiro atoms. The molecular weight excluding hydrogens is 320 g/mol. The molecule has 134 valence electrons. The molecule has 0 radical (unpaired) electrons. The summed E-state index contributed by atoms with van der Waals surface area (Å²) in [5.41, 5.74) is 3.09. The molecule has 25 heavy (non-hydrogen) atoms. The SMILES string of the molecule is Cc1cccc(-c2ccccc2O[C@@H]2O[C@H](CO)[C@H](O)[C@H](O)[C@H]2C)c1. The quantitative estimate of drug-likeness (QED) is 0.792. The van der Waals surface area contributed by atoms with Gasteiger partial charge in [-0.1, -0.05) is 55.0 Å². The van der Waals surface area contributed by atoms with Crippen LogP contribution in [0.1, 0.15) is 12.5 Å². The number of rotatable bonds is 4. The second kappa shape index (κ2) is 7.54. The molecule has 0 saturated carbocycles. The van der Waals surface area contributed by atoms with Crippen LogP contribution in [0.3, 0.4) is 0 Å². The van der Waals surface area contributed by atoms with Crippen LogP contribution in [0.25, 0.3) is 11.1 Å². The normalized spacial score (nSPS) is 29.4. The van der Waals surface area contributed by atoms with E-state index in [-0.39, 0.29) is 6.61 Å². The molecule has 5 nitrogen and oxygen atoms in total. The highest BCUT2D eigenvalue weighted by molar-refractivity contribution is 5.70. The van der Waals surface area contributed by atoms with Crippen molar-refractivity contribution in [2.24, 2.45) is 5.92 Å². The first kappa shape index (κ1) is 17.9. The van der Waals surface area contributed by atoms with Gasteiger partial charge in [-0.2, -0.15) is 0 Å². The highest BCUT2D eigenvalue weighted by atomic mass is 16.7. The molecule has 5 atom stereocenters. The van der Waals surface area contributed by atoms with Crippen LogP contribution in [0.4, 0.5) is 0 Å². The summed E-state index contributed by atoms with van der Waals surface area (Å²) in [5, 5.41) is 29.5. The lowest BCUT2D eigenvalue weighted by atomic mass is 9.92. The average molecular weight is 344 g/mol. The molecule has 0 aliphatic carbocycles. The van der Waals surface area contributed by atoms with Gasteiger partial charge in [-0.15, -0.1) is 0 Å². The Morgan fingerprint density at radius 2 is 1.80 bits per heavy atom. The van der Waals surface area contributed by atoms with Crippen molar-refractivity contribution in [2.45, 2.75) is 38.4 Å². The highest BCUT2D eigenvalue weighted by Gasteiger charge is 2.43. The first-order valence-electron chi connectivity index (χ1n) is 8.46. The maximum absolute atomic E-state index is 10.2. The number of hydrogen-bond acceptors (Lipinski definition) is 5. The second-order valence-electron chi connectivity index (χ2n) is 6.55. The van der Waals surface area contributed by atoms with Gasteiger partial charge in [0.2, 0.25) is 6.29 Å². The third kappa shape index (κ3) is 3.70. The van der Waals surface area contributed by atoms with E-state index in [0.717, 1.165) is 16.7 Å². The Morgan fingerprint density at radius 3 is 2.52 bits per heavy atom.